The van der Waals surface area contributed by atoms with E-state index < -0.39 is 6.67 Å². The Kier molecular flexibility index (Phi) is 5.93. The first-order valence-electron chi connectivity index (χ1n) is 10.1. The van der Waals surface area contributed by atoms with Gasteiger partial charge in [-0.15, -0.1) is 0 Å². The van der Waals surface area contributed by atoms with E-state index in [4.69, 9.17) is 4.74 Å². The fraction of sp³-hybridized carbons (Fsp3) is 0.208. The van der Waals surface area contributed by atoms with Crippen molar-refractivity contribution in [1.29, 1.82) is 0 Å². The predicted molar refractivity (Wildman–Crippen MR) is 118 cm³/mol. The smallest absolute Gasteiger partial charge is 0.254 e. The number of carbonyl (C=O) groups is 1. The number of hydrogen-bond donors (Lipinski definition) is 1. The highest BCUT2D eigenvalue weighted by Crippen LogP contribution is 2.31. The summed E-state index contributed by atoms with van der Waals surface area (Å²) in [6.07, 6.45) is 3.14. The topological polar surface area (TPSA) is 71.1 Å². The number of aromatic nitrogens is 3. The molecule has 0 aliphatic heterocycles. The molecule has 0 aliphatic carbocycles. The Morgan fingerprint density at radius 2 is 1.97 bits per heavy atom. The van der Waals surface area contributed by atoms with E-state index in [2.05, 4.69) is 15.2 Å². The molecule has 0 atom stereocenters. The molecule has 1 N–H and O–H groups in total. The number of pyridine rings is 1. The normalized spacial score (nSPS) is 10.9. The Morgan fingerprint density at radius 3 is 2.71 bits per heavy atom. The van der Waals surface area contributed by atoms with Gasteiger partial charge in [0.2, 0.25) is 0 Å². The highest BCUT2D eigenvalue weighted by atomic mass is 19.1. The fourth-order valence-electron chi connectivity index (χ4n) is 3.60. The van der Waals surface area contributed by atoms with Gasteiger partial charge in [0, 0.05) is 41.9 Å². The number of nitrogens with zero attached hydrogens (tertiary/aromatic N) is 3. The van der Waals surface area contributed by atoms with Crippen LogP contribution < -0.4 is 4.74 Å². The summed E-state index contributed by atoms with van der Waals surface area (Å²) in [7, 11) is 1.72. The molecule has 0 unspecified atom stereocenters. The lowest BCUT2D eigenvalue weighted by molar-refractivity contribution is 0.0785. The number of amides is 1. The zero-order chi connectivity index (χ0) is 21.8. The standard InChI is InChI=1S/C24H23FN4O2/c1-3-31-22-11-17(9-10-19(22)16-7-5-4-6-8-16)24(30)29(2)15-18-13-26-21(12-25)20-14-27-28-23(18)20/h4-11,13-14H,3,12,15H2,1-2H3,(H,27,28). The predicted octanol–water partition coefficient (Wildman–Crippen LogP) is 4.77. The number of H-pyrrole nitrogens is 1. The number of halogens is 1. The summed E-state index contributed by atoms with van der Waals surface area (Å²) in [5.74, 6) is 0.515. The highest BCUT2D eigenvalue weighted by Gasteiger charge is 2.18. The van der Waals surface area contributed by atoms with Gasteiger partial charge in [0.1, 0.15) is 12.4 Å². The average Bonchev–Trinajstić information content (AvgIpc) is 3.30. The van der Waals surface area contributed by atoms with Gasteiger partial charge in [-0.25, -0.2) is 4.39 Å². The lowest BCUT2D eigenvalue weighted by Crippen LogP contribution is -2.26. The zero-order valence-electron chi connectivity index (χ0n) is 17.4. The molecule has 0 spiro atoms. The van der Waals surface area contributed by atoms with Crippen molar-refractivity contribution in [2.24, 2.45) is 0 Å². The van der Waals surface area contributed by atoms with E-state index in [1.807, 2.05) is 43.3 Å². The molecule has 0 fully saturated rings. The van der Waals surface area contributed by atoms with Gasteiger partial charge in [-0.05, 0) is 30.7 Å². The van der Waals surface area contributed by atoms with Gasteiger partial charge in [-0.1, -0.05) is 30.3 Å². The average molecular weight is 418 g/mol. The number of benzene rings is 2. The second-order valence-corrected chi connectivity index (χ2v) is 7.19. The van der Waals surface area contributed by atoms with Crippen LogP contribution in [0.5, 0.6) is 5.75 Å². The van der Waals surface area contributed by atoms with E-state index >= 15 is 0 Å². The fourth-order valence-corrected chi connectivity index (χ4v) is 3.60. The van der Waals surface area contributed by atoms with E-state index in [-0.39, 0.29) is 5.91 Å². The van der Waals surface area contributed by atoms with E-state index in [0.29, 0.717) is 41.1 Å². The molecule has 4 rings (SSSR count). The molecule has 7 heteroatoms. The van der Waals surface area contributed by atoms with Crippen LogP contribution in [0.15, 0.2) is 60.9 Å². The minimum atomic E-state index is -0.668. The maximum absolute atomic E-state index is 13.2. The van der Waals surface area contributed by atoms with Gasteiger partial charge in [-0.2, -0.15) is 5.10 Å². The number of aromatic amines is 1. The Bertz CT molecular complexity index is 1210. The first kappa shape index (κ1) is 20.5. The molecule has 0 bridgehead atoms. The summed E-state index contributed by atoms with van der Waals surface area (Å²) in [6.45, 7) is 2.05. The highest BCUT2D eigenvalue weighted by molar-refractivity contribution is 5.95. The van der Waals surface area contributed by atoms with Crippen LogP contribution in [0.1, 0.15) is 28.5 Å². The van der Waals surface area contributed by atoms with Gasteiger partial charge >= 0.3 is 0 Å². The van der Waals surface area contributed by atoms with Gasteiger partial charge in [0.15, 0.2) is 0 Å². The van der Waals surface area contributed by atoms with E-state index in [9.17, 15) is 9.18 Å². The minimum Gasteiger partial charge on any atom is -0.493 e. The van der Waals surface area contributed by atoms with Gasteiger partial charge in [0.05, 0.1) is 24.0 Å². The number of nitrogens with one attached hydrogen (secondary N) is 1. The number of alkyl halides is 1. The van der Waals surface area contributed by atoms with Crippen molar-refractivity contribution in [3.63, 3.8) is 0 Å². The Morgan fingerprint density at radius 1 is 1.16 bits per heavy atom. The third-order valence-electron chi connectivity index (χ3n) is 5.14. The second-order valence-electron chi connectivity index (χ2n) is 7.19. The van der Waals surface area contributed by atoms with Crippen molar-refractivity contribution in [3.05, 3.63) is 77.7 Å². The molecule has 4 aromatic rings. The van der Waals surface area contributed by atoms with Crippen LogP contribution in [0, 0.1) is 0 Å². The third kappa shape index (κ3) is 4.12. The van der Waals surface area contributed by atoms with Gasteiger partial charge < -0.3 is 9.64 Å². The molecule has 2 heterocycles. The monoisotopic (exact) mass is 418 g/mol. The molecule has 0 saturated carbocycles. The molecule has 31 heavy (non-hydrogen) atoms. The summed E-state index contributed by atoms with van der Waals surface area (Å²) in [5.41, 5.74) is 4.29. The Balaban J connectivity index is 1.61. The molecule has 2 aromatic heterocycles. The quantitative estimate of drug-likeness (QED) is 0.470. The molecule has 0 saturated heterocycles. The van der Waals surface area contributed by atoms with E-state index in [0.717, 1.165) is 16.7 Å². The first-order chi connectivity index (χ1) is 15.1. The Labute approximate surface area is 179 Å². The van der Waals surface area contributed by atoms with Crippen LogP contribution >= 0.6 is 0 Å². The summed E-state index contributed by atoms with van der Waals surface area (Å²) in [6, 6.07) is 15.4. The van der Waals surface area contributed by atoms with Crippen molar-refractivity contribution >= 4 is 16.8 Å². The van der Waals surface area contributed by atoms with Gasteiger partial charge in [0.25, 0.3) is 5.91 Å². The molecular weight excluding hydrogens is 395 g/mol. The number of carbonyl (C=O) groups excluding carboxylic acids is 1. The summed E-state index contributed by atoms with van der Waals surface area (Å²) in [5, 5.41) is 7.51. The lowest BCUT2D eigenvalue weighted by Gasteiger charge is -2.19. The summed E-state index contributed by atoms with van der Waals surface area (Å²) < 4.78 is 19.0. The summed E-state index contributed by atoms with van der Waals surface area (Å²) in [4.78, 5) is 18.9. The zero-order valence-corrected chi connectivity index (χ0v) is 17.4. The van der Waals surface area contributed by atoms with Crippen molar-refractivity contribution < 1.29 is 13.9 Å². The minimum absolute atomic E-state index is 0.150. The third-order valence-corrected chi connectivity index (χ3v) is 5.14. The number of ether oxygens (including phenoxy) is 1. The SMILES string of the molecule is CCOc1cc(C(=O)N(C)Cc2cnc(CF)c3cn[nH]c23)ccc1-c1ccccc1. The molecule has 0 aliphatic rings. The van der Waals surface area contributed by atoms with E-state index in [1.165, 1.54) is 0 Å². The second kappa shape index (κ2) is 8.95. The number of rotatable bonds is 7. The van der Waals surface area contributed by atoms with Crippen molar-refractivity contribution in [1.82, 2.24) is 20.1 Å². The van der Waals surface area contributed by atoms with Crippen LogP contribution in [-0.2, 0) is 13.2 Å². The van der Waals surface area contributed by atoms with Crippen molar-refractivity contribution in [2.75, 3.05) is 13.7 Å². The maximum atomic E-state index is 13.2. The van der Waals surface area contributed by atoms with Crippen LogP contribution in [0.25, 0.3) is 22.0 Å². The lowest BCUT2D eigenvalue weighted by atomic mass is 10.0. The van der Waals surface area contributed by atoms with Crippen LogP contribution in [0.3, 0.4) is 0 Å². The van der Waals surface area contributed by atoms with Crippen molar-refractivity contribution in [3.8, 4) is 16.9 Å². The molecule has 6 nitrogen and oxygen atoms in total. The van der Waals surface area contributed by atoms with Crippen molar-refractivity contribution in [2.45, 2.75) is 20.1 Å². The van der Waals surface area contributed by atoms with Crippen LogP contribution in [0.4, 0.5) is 4.39 Å². The molecule has 158 valence electrons. The molecule has 1 amide bonds. The largest absolute Gasteiger partial charge is 0.493 e. The van der Waals surface area contributed by atoms with Crippen LogP contribution in [0.2, 0.25) is 0 Å². The van der Waals surface area contributed by atoms with E-state index in [1.54, 1.807) is 36.5 Å². The van der Waals surface area contributed by atoms with Crippen LogP contribution in [-0.4, -0.2) is 39.6 Å². The number of fused-ring (bicyclic) bond motifs is 1. The summed E-state index contributed by atoms with van der Waals surface area (Å²) >= 11 is 0. The molecule has 2 aromatic carbocycles. The molecule has 0 radical (unpaired) electrons. The number of hydrogen-bond acceptors (Lipinski definition) is 4. The maximum Gasteiger partial charge on any atom is 0.254 e. The molecular formula is C24H23FN4O2. The van der Waals surface area contributed by atoms with Gasteiger partial charge in [-0.3, -0.25) is 14.9 Å². The Hall–Kier alpha value is -3.74. The first-order valence-corrected chi connectivity index (χ1v) is 10.1.